The second-order valence-electron chi connectivity index (χ2n) is 4.59. The smallest absolute Gasteiger partial charge is 0.0665 e. The Labute approximate surface area is 129 Å². The summed E-state index contributed by atoms with van der Waals surface area (Å²) < 4.78 is 0. The van der Waals surface area contributed by atoms with Crippen LogP contribution in [0.15, 0.2) is 53.5 Å². The molecule has 0 aliphatic carbocycles. The topological polar surface area (TPSA) is 12.4 Å². The predicted molar refractivity (Wildman–Crippen MR) is 94.8 cm³/mol. The van der Waals surface area contributed by atoms with Crippen LogP contribution in [-0.4, -0.2) is 5.71 Å². The van der Waals surface area contributed by atoms with E-state index in [0.717, 1.165) is 18.5 Å². The first-order chi connectivity index (χ1) is 10.3. The molecule has 1 heterocycles. The number of hydrogen-bond acceptors (Lipinski definition) is 1. The maximum Gasteiger partial charge on any atom is 0.0665 e. The molecule has 1 aliphatic rings. The minimum atomic E-state index is 0.974. The quantitative estimate of drug-likeness (QED) is 0.648. The van der Waals surface area contributed by atoms with Gasteiger partial charge in [-0.2, -0.15) is 0 Å². The third-order valence-corrected chi connectivity index (χ3v) is 3.32. The number of aliphatic imine (C=N–C) groups is 1. The second-order valence-corrected chi connectivity index (χ2v) is 4.59. The molecular formula is C20H27N. The summed E-state index contributed by atoms with van der Waals surface area (Å²) in [6.07, 6.45) is 1.98. The fourth-order valence-electron chi connectivity index (χ4n) is 2.33. The number of para-hydroxylation sites is 1. The third kappa shape index (κ3) is 4.56. The van der Waals surface area contributed by atoms with Crippen LogP contribution in [0.3, 0.4) is 0 Å². The molecule has 112 valence electrons. The highest BCUT2D eigenvalue weighted by molar-refractivity contribution is 5.95. The monoisotopic (exact) mass is 281 g/mol. The molecule has 0 fully saturated rings. The molecule has 21 heavy (non-hydrogen) atoms. The van der Waals surface area contributed by atoms with Crippen molar-refractivity contribution in [2.24, 2.45) is 4.99 Å². The van der Waals surface area contributed by atoms with E-state index in [1.54, 1.807) is 0 Å². The van der Waals surface area contributed by atoms with E-state index >= 15 is 0 Å². The van der Waals surface area contributed by atoms with Gasteiger partial charge in [-0.25, -0.2) is 0 Å². The zero-order valence-electron chi connectivity index (χ0n) is 14.0. The van der Waals surface area contributed by atoms with Gasteiger partial charge in [-0.3, -0.25) is 4.99 Å². The van der Waals surface area contributed by atoms with Gasteiger partial charge in [0.05, 0.1) is 5.69 Å². The SMILES string of the molecule is CC.CC.Cc1ccccc1CC1=Nc2ccccc2C1. The molecule has 0 bridgehead atoms. The first-order valence-corrected chi connectivity index (χ1v) is 8.02. The number of fused-ring (bicyclic) bond motifs is 1. The number of aryl methyl sites for hydroxylation is 1. The van der Waals surface area contributed by atoms with Gasteiger partial charge >= 0.3 is 0 Å². The number of benzene rings is 2. The summed E-state index contributed by atoms with van der Waals surface area (Å²) in [7, 11) is 0. The summed E-state index contributed by atoms with van der Waals surface area (Å²) in [4.78, 5) is 4.70. The maximum atomic E-state index is 4.70. The molecule has 1 aliphatic heterocycles. The molecule has 0 amide bonds. The van der Waals surface area contributed by atoms with Crippen LogP contribution in [0.5, 0.6) is 0 Å². The fourth-order valence-corrected chi connectivity index (χ4v) is 2.33. The van der Waals surface area contributed by atoms with E-state index in [2.05, 4.69) is 55.5 Å². The summed E-state index contributed by atoms with van der Waals surface area (Å²) in [5, 5.41) is 0. The van der Waals surface area contributed by atoms with Gasteiger partial charge in [-0.15, -0.1) is 0 Å². The van der Waals surface area contributed by atoms with E-state index < -0.39 is 0 Å². The Morgan fingerprint density at radius 1 is 0.857 bits per heavy atom. The third-order valence-electron chi connectivity index (χ3n) is 3.32. The van der Waals surface area contributed by atoms with E-state index in [-0.39, 0.29) is 0 Å². The largest absolute Gasteiger partial charge is 0.257 e. The van der Waals surface area contributed by atoms with Crippen molar-refractivity contribution in [2.75, 3.05) is 0 Å². The highest BCUT2D eigenvalue weighted by Crippen LogP contribution is 2.27. The van der Waals surface area contributed by atoms with Crippen molar-refractivity contribution in [3.63, 3.8) is 0 Å². The van der Waals surface area contributed by atoms with Crippen LogP contribution in [0.4, 0.5) is 5.69 Å². The lowest BCUT2D eigenvalue weighted by atomic mass is 10.0. The van der Waals surface area contributed by atoms with Gasteiger partial charge < -0.3 is 0 Å². The van der Waals surface area contributed by atoms with Gasteiger partial charge in [0.15, 0.2) is 0 Å². The van der Waals surface area contributed by atoms with Crippen LogP contribution in [-0.2, 0) is 12.8 Å². The number of rotatable bonds is 2. The second kappa shape index (κ2) is 9.12. The molecular weight excluding hydrogens is 254 g/mol. The lowest BCUT2D eigenvalue weighted by Gasteiger charge is -2.04. The van der Waals surface area contributed by atoms with E-state index in [1.165, 1.54) is 22.4 Å². The van der Waals surface area contributed by atoms with Crippen LogP contribution >= 0.6 is 0 Å². The number of nitrogens with zero attached hydrogens (tertiary/aromatic N) is 1. The van der Waals surface area contributed by atoms with Crippen LogP contribution < -0.4 is 0 Å². The summed E-state index contributed by atoms with van der Waals surface area (Å²) >= 11 is 0. The van der Waals surface area contributed by atoms with Crippen LogP contribution in [0.2, 0.25) is 0 Å². The van der Waals surface area contributed by atoms with Gasteiger partial charge in [0.25, 0.3) is 0 Å². The van der Waals surface area contributed by atoms with E-state index in [0.29, 0.717) is 0 Å². The zero-order valence-corrected chi connectivity index (χ0v) is 14.0. The molecule has 0 unspecified atom stereocenters. The van der Waals surface area contributed by atoms with Crippen LogP contribution in [0.25, 0.3) is 0 Å². The van der Waals surface area contributed by atoms with Crippen molar-refractivity contribution in [3.05, 3.63) is 65.2 Å². The average molecular weight is 281 g/mol. The van der Waals surface area contributed by atoms with Crippen molar-refractivity contribution < 1.29 is 0 Å². The molecule has 2 aromatic rings. The Balaban J connectivity index is 0.000000510. The highest BCUT2D eigenvalue weighted by atomic mass is 14.8. The standard InChI is InChI=1S/C16H15N.2C2H6/c1-12-6-2-3-7-13(12)10-15-11-14-8-4-5-9-16(14)17-15;2*1-2/h2-9H,10-11H2,1H3;2*1-2H3. The molecule has 2 aromatic carbocycles. The van der Waals surface area contributed by atoms with E-state index in [1.807, 2.05) is 27.7 Å². The Morgan fingerprint density at radius 2 is 1.48 bits per heavy atom. The van der Waals surface area contributed by atoms with Gasteiger partial charge in [-0.05, 0) is 29.7 Å². The van der Waals surface area contributed by atoms with E-state index in [9.17, 15) is 0 Å². The molecule has 0 saturated carbocycles. The predicted octanol–water partition coefficient (Wildman–Crippen LogP) is 5.92. The average Bonchev–Trinajstić information content (AvgIpc) is 2.96. The van der Waals surface area contributed by atoms with Crippen molar-refractivity contribution >= 4 is 11.4 Å². The Hall–Kier alpha value is -1.89. The fraction of sp³-hybridized carbons (Fsp3) is 0.350. The molecule has 0 saturated heterocycles. The molecule has 0 aromatic heterocycles. The Bertz CT molecular complexity index is 582. The molecule has 3 rings (SSSR count). The molecule has 0 atom stereocenters. The minimum Gasteiger partial charge on any atom is -0.257 e. The van der Waals surface area contributed by atoms with Gasteiger partial charge in [0, 0.05) is 18.6 Å². The number of hydrogen-bond donors (Lipinski definition) is 0. The van der Waals surface area contributed by atoms with E-state index in [4.69, 9.17) is 4.99 Å². The summed E-state index contributed by atoms with van der Waals surface area (Å²) in [5.41, 5.74) is 6.53. The Kier molecular flexibility index (Phi) is 7.45. The molecule has 0 radical (unpaired) electrons. The Morgan fingerprint density at radius 3 is 2.14 bits per heavy atom. The normalized spacial score (nSPS) is 11.4. The lowest BCUT2D eigenvalue weighted by molar-refractivity contribution is 1.22. The zero-order chi connectivity index (χ0) is 15.7. The van der Waals surface area contributed by atoms with Crippen molar-refractivity contribution in [1.29, 1.82) is 0 Å². The van der Waals surface area contributed by atoms with Crippen molar-refractivity contribution in [2.45, 2.75) is 47.5 Å². The van der Waals surface area contributed by atoms with Crippen LogP contribution in [0.1, 0.15) is 44.4 Å². The van der Waals surface area contributed by atoms with Gasteiger partial charge in [-0.1, -0.05) is 70.2 Å². The van der Waals surface area contributed by atoms with Crippen molar-refractivity contribution in [3.8, 4) is 0 Å². The summed E-state index contributed by atoms with van der Waals surface area (Å²) in [5.74, 6) is 0. The first-order valence-electron chi connectivity index (χ1n) is 8.02. The maximum absolute atomic E-state index is 4.70. The molecule has 1 heteroatoms. The summed E-state index contributed by atoms with van der Waals surface area (Å²) in [6, 6.07) is 17.0. The van der Waals surface area contributed by atoms with Gasteiger partial charge in [0.2, 0.25) is 0 Å². The first kappa shape index (κ1) is 17.2. The summed E-state index contributed by atoms with van der Waals surface area (Å²) in [6.45, 7) is 10.2. The van der Waals surface area contributed by atoms with Crippen molar-refractivity contribution in [1.82, 2.24) is 0 Å². The molecule has 1 nitrogen and oxygen atoms in total. The highest BCUT2D eigenvalue weighted by Gasteiger charge is 2.14. The molecule has 0 N–H and O–H groups in total. The van der Waals surface area contributed by atoms with Crippen LogP contribution in [0, 0.1) is 6.92 Å². The van der Waals surface area contributed by atoms with Gasteiger partial charge in [0.1, 0.15) is 0 Å². The molecule has 0 spiro atoms. The minimum absolute atomic E-state index is 0.974. The lowest BCUT2D eigenvalue weighted by Crippen LogP contribution is -2.03.